The fourth-order valence-electron chi connectivity index (χ4n) is 5.00. The first-order chi connectivity index (χ1) is 11.6. The van der Waals surface area contributed by atoms with Gasteiger partial charge >= 0.3 is 6.03 Å². The topological polar surface area (TPSA) is 67.4 Å². The number of nitrogens with one attached hydrogen (secondary N) is 2. The van der Waals surface area contributed by atoms with Crippen LogP contribution >= 0.6 is 0 Å². The Kier molecular flexibility index (Phi) is 3.83. The van der Waals surface area contributed by atoms with Crippen molar-refractivity contribution in [2.24, 2.45) is 11.3 Å². The van der Waals surface area contributed by atoms with E-state index >= 15 is 0 Å². The quantitative estimate of drug-likeness (QED) is 0.836. The molecule has 3 unspecified atom stereocenters. The zero-order chi connectivity index (χ0) is 16.7. The van der Waals surface area contributed by atoms with E-state index in [-0.39, 0.29) is 23.3 Å². The highest BCUT2D eigenvalue weighted by molar-refractivity contribution is 5.95. The lowest BCUT2D eigenvalue weighted by Gasteiger charge is -2.56. The molecule has 4 rings (SSSR count). The van der Waals surface area contributed by atoms with Crippen molar-refractivity contribution < 1.29 is 14.3 Å². The van der Waals surface area contributed by atoms with Crippen LogP contribution in [0.1, 0.15) is 49.4 Å². The maximum Gasteiger partial charge on any atom is 0.319 e. The van der Waals surface area contributed by atoms with Gasteiger partial charge in [0.1, 0.15) is 0 Å². The Hall–Kier alpha value is -1.88. The van der Waals surface area contributed by atoms with Crippen LogP contribution in [0.3, 0.4) is 0 Å². The molecule has 3 atom stereocenters. The van der Waals surface area contributed by atoms with Crippen molar-refractivity contribution in [3.63, 3.8) is 0 Å². The zero-order valence-electron chi connectivity index (χ0n) is 14.0. The average molecular weight is 328 g/mol. The largest absolute Gasteiger partial charge is 0.377 e. The number of benzene rings is 1. The molecule has 2 amide bonds. The molecule has 0 radical (unpaired) electrons. The third kappa shape index (κ3) is 2.42. The predicted octanol–water partition coefficient (Wildman–Crippen LogP) is 3.36. The lowest BCUT2D eigenvalue weighted by Crippen LogP contribution is -2.68. The molecule has 2 N–H and O–H groups in total. The molecule has 1 aromatic rings. The summed E-state index contributed by atoms with van der Waals surface area (Å²) in [4.78, 5) is 23.7. The number of hydrogen-bond acceptors (Lipinski definition) is 3. The number of Topliss-reactive ketones (excluding diaryl/α,β-unsaturated/α-hetero) is 1. The molecule has 0 bridgehead atoms. The molecule has 24 heavy (non-hydrogen) atoms. The molecule has 2 saturated carbocycles. The summed E-state index contributed by atoms with van der Waals surface area (Å²) in [6, 6.07) is 7.07. The van der Waals surface area contributed by atoms with Crippen LogP contribution in [0.2, 0.25) is 0 Å². The monoisotopic (exact) mass is 328 g/mol. The van der Waals surface area contributed by atoms with Gasteiger partial charge in [0.25, 0.3) is 0 Å². The summed E-state index contributed by atoms with van der Waals surface area (Å²) < 4.78 is 5.95. The van der Waals surface area contributed by atoms with E-state index in [2.05, 4.69) is 10.6 Å². The number of anilines is 1. The van der Waals surface area contributed by atoms with E-state index in [1.807, 2.05) is 0 Å². The van der Waals surface area contributed by atoms with Crippen LogP contribution in [-0.2, 0) is 4.74 Å². The third-order valence-electron chi connectivity index (χ3n) is 6.12. The predicted molar refractivity (Wildman–Crippen MR) is 91.1 cm³/mol. The molecule has 128 valence electrons. The van der Waals surface area contributed by atoms with E-state index in [0.29, 0.717) is 23.3 Å². The van der Waals surface area contributed by atoms with Gasteiger partial charge in [-0.1, -0.05) is 12.8 Å². The highest BCUT2D eigenvalue weighted by atomic mass is 16.5. The molecule has 1 aromatic carbocycles. The molecule has 1 spiro atoms. The number of hydrogen-bond donors (Lipinski definition) is 2. The highest BCUT2D eigenvalue weighted by Crippen LogP contribution is 2.60. The van der Waals surface area contributed by atoms with Crippen LogP contribution < -0.4 is 10.6 Å². The summed E-state index contributed by atoms with van der Waals surface area (Å²) in [7, 11) is 0. The molecule has 3 aliphatic rings. The number of ketones is 1. The van der Waals surface area contributed by atoms with Crippen molar-refractivity contribution in [3.8, 4) is 0 Å². The zero-order valence-corrected chi connectivity index (χ0v) is 14.0. The Morgan fingerprint density at radius 1 is 1.17 bits per heavy atom. The van der Waals surface area contributed by atoms with Crippen LogP contribution in [0.5, 0.6) is 0 Å². The van der Waals surface area contributed by atoms with Crippen molar-refractivity contribution in [1.29, 1.82) is 0 Å². The van der Waals surface area contributed by atoms with Gasteiger partial charge in [-0.25, -0.2) is 4.79 Å². The van der Waals surface area contributed by atoms with E-state index in [9.17, 15) is 9.59 Å². The fourth-order valence-corrected chi connectivity index (χ4v) is 5.00. The van der Waals surface area contributed by atoms with E-state index in [4.69, 9.17) is 4.74 Å². The number of ether oxygens (including phenoxy) is 1. The Balaban J connectivity index is 1.41. The minimum atomic E-state index is -0.160. The van der Waals surface area contributed by atoms with Crippen LogP contribution in [0.15, 0.2) is 24.3 Å². The van der Waals surface area contributed by atoms with E-state index in [1.54, 1.807) is 24.3 Å². The first kappa shape index (κ1) is 15.6. The normalized spacial score (nSPS) is 29.8. The summed E-state index contributed by atoms with van der Waals surface area (Å²) >= 11 is 0. The van der Waals surface area contributed by atoms with Crippen LogP contribution in [0, 0.1) is 11.3 Å². The maximum atomic E-state index is 12.4. The van der Waals surface area contributed by atoms with Crippen molar-refractivity contribution in [2.45, 2.75) is 51.2 Å². The van der Waals surface area contributed by atoms with Crippen molar-refractivity contribution in [1.82, 2.24) is 5.32 Å². The Morgan fingerprint density at radius 3 is 2.54 bits per heavy atom. The number of amides is 2. The van der Waals surface area contributed by atoms with Gasteiger partial charge in [-0.15, -0.1) is 0 Å². The first-order valence-corrected chi connectivity index (χ1v) is 8.90. The maximum absolute atomic E-state index is 12.4. The number of urea groups is 1. The summed E-state index contributed by atoms with van der Waals surface area (Å²) in [5.74, 6) is 0.491. The van der Waals surface area contributed by atoms with Crippen molar-refractivity contribution in [3.05, 3.63) is 29.8 Å². The van der Waals surface area contributed by atoms with Crippen LogP contribution in [-0.4, -0.2) is 30.6 Å². The highest BCUT2D eigenvalue weighted by Gasteiger charge is 2.65. The van der Waals surface area contributed by atoms with E-state index < -0.39 is 0 Å². The van der Waals surface area contributed by atoms with Gasteiger partial charge in [-0.05, 0) is 50.5 Å². The van der Waals surface area contributed by atoms with Crippen LogP contribution in [0.25, 0.3) is 0 Å². The summed E-state index contributed by atoms with van der Waals surface area (Å²) in [6.07, 6.45) is 6.18. The van der Waals surface area contributed by atoms with Gasteiger partial charge in [0.2, 0.25) is 0 Å². The SMILES string of the molecule is CC(=O)c1ccc(NC(=O)NC2C3CCOC3C23CCCC3)cc1. The Labute approximate surface area is 142 Å². The van der Waals surface area contributed by atoms with Crippen molar-refractivity contribution >= 4 is 17.5 Å². The van der Waals surface area contributed by atoms with Gasteiger partial charge in [-0.3, -0.25) is 4.79 Å². The minimum Gasteiger partial charge on any atom is -0.377 e. The molecule has 1 aliphatic heterocycles. The van der Waals surface area contributed by atoms with Crippen molar-refractivity contribution in [2.75, 3.05) is 11.9 Å². The number of carbonyl (C=O) groups excluding carboxylic acids is 2. The summed E-state index contributed by atoms with van der Waals surface area (Å²) in [5, 5.41) is 6.10. The molecular formula is C19H24N2O3. The molecule has 0 aromatic heterocycles. The lowest BCUT2D eigenvalue weighted by atomic mass is 9.54. The summed E-state index contributed by atoms with van der Waals surface area (Å²) in [6.45, 7) is 2.36. The van der Waals surface area contributed by atoms with Gasteiger partial charge in [0.05, 0.1) is 6.10 Å². The van der Waals surface area contributed by atoms with E-state index in [1.165, 1.54) is 19.8 Å². The number of rotatable bonds is 3. The van der Waals surface area contributed by atoms with Gasteiger partial charge in [0.15, 0.2) is 5.78 Å². The van der Waals surface area contributed by atoms with Crippen LogP contribution in [0.4, 0.5) is 10.5 Å². The molecule has 5 heteroatoms. The second-order valence-corrected chi connectivity index (χ2v) is 7.39. The summed E-state index contributed by atoms with van der Waals surface area (Å²) in [5.41, 5.74) is 1.52. The molecule has 1 saturated heterocycles. The second kappa shape index (κ2) is 5.88. The van der Waals surface area contributed by atoms with E-state index in [0.717, 1.165) is 25.9 Å². The fraction of sp³-hybridized carbons (Fsp3) is 0.579. The Bertz CT molecular complexity index is 649. The number of fused-ring (bicyclic) bond motifs is 2. The standard InChI is InChI=1S/C19H24N2O3/c1-12(22)13-4-6-14(7-5-13)20-18(23)21-16-15-8-11-24-17(15)19(16)9-2-3-10-19/h4-7,15-17H,2-3,8-11H2,1H3,(H2,20,21,23). The lowest BCUT2D eigenvalue weighted by molar-refractivity contribution is -0.125. The smallest absolute Gasteiger partial charge is 0.319 e. The minimum absolute atomic E-state index is 0.0240. The third-order valence-corrected chi connectivity index (χ3v) is 6.12. The van der Waals surface area contributed by atoms with Gasteiger partial charge < -0.3 is 15.4 Å². The van der Waals surface area contributed by atoms with Gasteiger partial charge in [-0.2, -0.15) is 0 Å². The van der Waals surface area contributed by atoms with Gasteiger partial charge in [0, 0.05) is 35.2 Å². The molecule has 3 fully saturated rings. The molecular weight excluding hydrogens is 304 g/mol. The molecule has 5 nitrogen and oxygen atoms in total. The second-order valence-electron chi connectivity index (χ2n) is 7.39. The Morgan fingerprint density at radius 2 is 1.88 bits per heavy atom. The average Bonchev–Trinajstić information content (AvgIpc) is 3.22. The molecule has 1 heterocycles. The number of carbonyl (C=O) groups is 2. The molecule has 2 aliphatic carbocycles. The first-order valence-electron chi connectivity index (χ1n) is 8.90.